The number of nitrogens with zero attached hydrogens (tertiary/aromatic N) is 3. The molecule has 1 heterocycles. The number of azide groups is 1. The Labute approximate surface area is 209 Å². The summed E-state index contributed by atoms with van der Waals surface area (Å²) >= 11 is 0. The smallest absolute Gasteiger partial charge is 0.196 e. The second-order valence-electron chi connectivity index (χ2n) is 8.52. The lowest BCUT2D eigenvalue weighted by atomic mass is 10.0. The average molecular weight is 492 g/mol. The third-order valence-electron chi connectivity index (χ3n) is 5.86. The molecule has 4 rings (SSSR count). The van der Waals surface area contributed by atoms with E-state index in [0.29, 0.717) is 0 Å². The molecule has 1 unspecified atom stereocenters. The van der Waals surface area contributed by atoms with Crippen molar-refractivity contribution in [3.63, 3.8) is 0 Å². The summed E-state index contributed by atoms with van der Waals surface area (Å²) < 4.78 is 23.5. The molecule has 0 radical (unpaired) electrons. The number of ether oxygens (including phenoxy) is 4. The van der Waals surface area contributed by atoms with Crippen LogP contribution >= 0.6 is 0 Å². The Morgan fingerprint density at radius 2 is 1.25 bits per heavy atom. The summed E-state index contributed by atoms with van der Waals surface area (Å²) in [7, 11) is 0. The number of hydrogen-bond acceptors (Lipinski definition) is 7. The van der Waals surface area contributed by atoms with Gasteiger partial charge in [-0.05, 0) is 22.2 Å². The molecule has 1 aliphatic rings. The van der Waals surface area contributed by atoms with Crippen molar-refractivity contribution in [2.75, 3.05) is 6.61 Å². The van der Waals surface area contributed by atoms with E-state index in [-0.39, 0.29) is 26.4 Å². The summed E-state index contributed by atoms with van der Waals surface area (Å²) in [4.78, 5) is 2.81. The lowest BCUT2D eigenvalue weighted by Crippen LogP contribution is -2.52. The molecule has 1 saturated heterocycles. The van der Waals surface area contributed by atoms with Crippen molar-refractivity contribution >= 4 is 0 Å². The summed E-state index contributed by atoms with van der Waals surface area (Å²) in [6.45, 7) is 0.164. The number of rotatable bonds is 12. The predicted molar refractivity (Wildman–Crippen MR) is 131 cm³/mol. The Morgan fingerprint density at radius 1 is 0.778 bits per heavy atom. The van der Waals surface area contributed by atoms with E-state index in [1.54, 1.807) is 0 Å². The first-order chi connectivity index (χ1) is 17.6. The zero-order chi connectivity index (χ0) is 25.2. The fourth-order valence-electron chi connectivity index (χ4n) is 4.04. The van der Waals surface area contributed by atoms with Crippen molar-refractivity contribution in [3.05, 3.63) is 118 Å². The van der Waals surface area contributed by atoms with Gasteiger partial charge in [0.2, 0.25) is 0 Å². The van der Waals surface area contributed by atoms with Crippen molar-refractivity contribution in [1.82, 2.24) is 0 Å². The minimum absolute atomic E-state index is 0.167. The van der Waals surface area contributed by atoms with Gasteiger partial charge in [0.1, 0.15) is 18.3 Å². The maximum Gasteiger partial charge on any atom is 0.196 e. The van der Waals surface area contributed by atoms with Crippen LogP contribution in [0.15, 0.2) is 96.1 Å². The van der Waals surface area contributed by atoms with Gasteiger partial charge in [-0.1, -0.05) is 96.1 Å². The van der Waals surface area contributed by atoms with Gasteiger partial charge >= 0.3 is 0 Å². The predicted octanol–water partition coefficient (Wildman–Crippen LogP) is 4.09. The van der Waals surface area contributed by atoms with Crippen LogP contribution in [0.5, 0.6) is 0 Å². The van der Waals surface area contributed by atoms with Gasteiger partial charge in [-0.15, -0.1) is 0 Å². The highest BCUT2D eigenvalue weighted by Crippen LogP contribution is 2.35. The van der Waals surface area contributed by atoms with Crippen LogP contribution in [0, 0.1) is 0 Å². The van der Waals surface area contributed by atoms with Gasteiger partial charge in [-0.3, -0.25) is 0 Å². The first-order valence-corrected chi connectivity index (χ1v) is 11.6. The topological polar surface area (TPSA) is 126 Å². The van der Waals surface area contributed by atoms with Crippen molar-refractivity contribution in [3.8, 4) is 0 Å². The molecule has 188 valence electrons. The summed E-state index contributed by atoms with van der Waals surface area (Å²) in [5.74, 6) is 0. The van der Waals surface area contributed by atoms with E-state index in [1.807, 2.05) is 91.0 Å². The lowest BCUT2D eigenvalue weighted by molar-refractivity contribution is -0.194. The fraction of sp³-hybridized carbons (Fsp3) is 0.333. The number of benzene rings is 3. The van der Waals surface area contributed by atoms with Crippen LogP contribution in [-0.2, 0) is 38.8 Å². The minimum atomic E-state index is -2.16. The van der Waals surface area contributed by atoms with Crippen molar-refractivity contribution < 1.29 is 29.2 Å². The second-order valence-corrected chi connectivity index (χ2v) is 8.52. The van der Waals surface area contributed by atoms with Crippen LogP contribution < -0.4 is 0 Å². The third-order valence-corrected chi connectivity index (χ3v) is 5.86. The molecule has 0 aliphatic carbocycles. The van der Waals surface area contributed by atoms with E-state index in [9.17, 15) is 15.7 Å². The Morgan fingerprint density at radius 3 is 1.75 bits per heavy atom. The summed E-state index contributed by atoms with van der Waals surface area (Å²) in [5.41, 5.74) is 9.71. The molecule has 3 aromatic carbocycles. The van der Waals surface area contributed by atoms with Gasteiger partial charge in [0, 0.05) is 4.91 Å². The molecule has 9 heteroatoms. The molecule has 0 saturated carbocycles. The molecular weight excluding hydrogens is 462 g/mol. The van der Waals surface area contributed by atoms with Crippen LogP contribution in [0.3, 0.4) is 0 Å². The maximum atomic E-state index is 11.4. The van der Waals surface area contributed by atoms with Crippen LogP contribution in [0.25, 0.3) is 10.4 Å². The standard InChI is InChI=1S/C27H29N3O6/c28-30-29-27(32,19-33-16-20-10-4-1-5-11-20)25-23(34-17-21-12-6-2-7-13-21)24(26(31)36-25)35-18-22-14-8-3-9-15-22/h1-15,23-26,31-32H,16-19H2/t23-,24-,25+,26?,27-/m1/s1. The van der Waals surface area contributed by atoms with Gasteiger partial charge in [-0.2, -0.15) is 0 Å². The normalized spacial score (nSPS) is 23.1. The average Bonchev–Trinajstić information content (AvgIpc) is 3.24. The Hall–Kier alpha value is -3.27. The lowest BCUT2D eigenvalue weighted by Gasteiger charge is -2.32. The zero-order valence-electron chi connectivity index (χ0n) is 19.7. The Balaban J connectivity index is 1.52. The SMILES string of the molecule is [N-]=[N+]=N[C@@](O)(COCc1ccccc1)[C@H]1OC(O)[C@H](OCc2ccccc2)[C@H]1OCc1ccccc1. The zero-order valence-corrected chi connectivity index (χ0v) is 19.7. The first-order valence-electron chi connectivity index (χ1n) is 11.6. The Bertz CT molecular complexity index is 1110. The number of aliphatic hydroxyl groups excluding tert-OH is 1. The van der Waals surface area contributed by atoms with Crippen molar-refractivity contribution in [1.29, 1.82) is 0 Å². The van der Waals surface area contributed by atoms with Crippen molar-refractivity contribution in [2.24, 2.45) is 5.11 Å². The molecule has 2 N–H and O–H groups in total. The van der Waals surface area contributed by atoms with E-state index in [4.69, 9.17) is 18.9 Å². The van der Waals surface area contributed by atoms with Crippen LogP contribution in [0.4, 0.5) is 0 Å². The largest absolute Gasteiger partial charge is 0.379 e. The molecular formula is C27H29N3O6. The van der Waals surface area contributed by atoms with Gasteiger partial charge in [0.15, 0.2) is 12.0 Å². The minimum Gasteiger partial charge on any atom is -0.379 e. The summed E-state index contributed by atoms with van der Waals surface area (Å²) in [5, 5.41) is 25.7. The van der Waals surface area contributed by atoms with E-state index in [1.165, 1.54) is 0 Å². The molecule has 0 amide bonds. The Kier molecular flexibility index (Phi) is 9.05. The van der Waals surface area contributed by atoms with E-state index >= 15 is 0 Å². The molecule has 1 fully saturated rings. The van der Waals surface area contributed by atoms with Gasteiger partial charge in [0.05, 0.1) is 26.4 Å². The molecule has 9 nitrogen and oxygen atoms in total. The second kappa shape index (κ2) is 12.6. The van der Waals surface area contributed by atoms with E-state index in [0.717, 1.165) is 16.7 Å². The van der Waals surface area contributed by atoms with Crippen LogP contribution in [0.2, 0.25) is 0 Å². The molecule has 3 aromatic rings. The van der Waals surface area contributed by atoms with Crippen LogP contribution in [-0.4, -0.2) is 47.1 Å². The molecule has 0 bridgehead atoms. The van der Waals surface area contributed by atoms with E-state index < -0.39 is 30.3 Å². The van der Waals surface area contributed by atoms with Crippen molar-refractivity contribution in [2.45, 2.75) is 50.1 Å². The fourth-order valence-corrected chi connectivity index (χ4v) is 4.04. The maximum absolute atomic E-state index is 11.4. The van der Waals surface area contributed by atoms with Gasteiger partial charge in [-0.25, -0.2) is 0 Å². The number of hydrogen-bond donors (Lipinski definition) is 2. The molecule has 5 atom stereocenters. The van der Waals surface area contributed by atoms with Crippen LogP contribution in [0.1, 0.15) is 16.7 Å². The molecule has 0 aromatic heterocycles. The van der Waals surface area contributed by atoms with E-state index in [2.05, 4.69) is 10.0 Å². The first kappa shape index (κ1) is 25.8. The molecule has 1 aliphatic heterocycles. The summed E-state index contributed by atoms with van der Waals surface area (Å²) in [6, 6.07) is 28.3. The molecule has 0 spiro atoms. The highest BCUT2D eigenvalue weighted by molar-refractivity contribution is 5.15. The molecule has 36 heavy (non-hydrogen) atoms. The summed E-state index contributed by atoms with van der Waals surface area (Å²) in [6.07, 6.45) is -4.58. The quantitative estimate of drug-likeness (QED) is 0.223. The van der Waals surface area contributed by atoms with Gasteiger partial charge in [0.25, 0.3) is 0 Å². The van der Waals surface area contributed by atoms with Gasteiger partial charge < -0.3 is 29.2 Å². The highest BCUT2D eigenvalue weighted by Gasteiger charge is 2.55. The highest BCUT2D eigenvalue weighted by atomic mass is 16.7. The monoisotopic (exact) mass is 491 g/mol. The third kappa shape index (κ3) is 6.69. The number of aliphatic hydroxyl groups is 2.